The molecule has 8 heteroatoms. The van der Waals surface area contributed by atoms with Gasteiger partial charge in [0.25, 0.3) is 15.0 Å². The van der Waals surface area contributed by atoms with Crippen molar-refractivity contribution in [3.05, 3.63) is 28.2 Å². The minimum Gasteiger partial charge on any atom is -0.380 e. The zero-order valence-corrected chi connectivity index (χ0v) is 14.7. The van der Waals surface area contributed by atoms with E-state index in [1.165, 1.54) is 18.2 Å². The molecule has 0 atom stereocenters. The van der Waals surface area contributed by atoms with E-state index in [1.807, 2.05) is 0 Å². The van der Waals surface area contributed by atoms with Gasteiger partial charge >= 0.3 is 0 Å². The van der Waals surface area contributed by atoms with Gasteiger partial charge in [-0.25, -0.2) is 8.42 Å². The Kier molecular flexibility index (Phi) is 7.65. The van der Waals surface area contributed by atoms with Crippen molar-refractivity contribution < 1.29 is 17.9 Å². The Bertz CT molecular complexity index is 592. The fourth-order valence-corrected chi connectivity index (χ4v) is 3.64. The zero-order chi connectivity index (χ0) is 15.9. The number of benzene rings is 1. The van der Waals surface area contributed by atoms with Crippen LogP contribution < -0.4 is 5.32 Å². The van der Waals surface area contributed by atoms with E-state index in [0.29, 0.717) is 24.2 Å². The van der Waals surface area contributed by atoms with Crippen LogP contribution in [0.25, 0.3) is 0 Å². The lowest BCUT2D eigenvalue weighted by atomic mass is 10.2. The molecular formula is C13H17BrClNO4S. The van der Waals surface area contributed by atoms with Crippen molar-refractivity contribution >= 4 is 41.6 Å². The van der Waals surface area contributed by atoms with Gasteiger partial charge in [-0.05, 0) is 40.5 Å². The fraction of sp³-hybridized carbons (Fsp3) is 0.462. The molecule has 1 aromatic rings. The maximum atomic E-state index is 11.9. The number of hydrogen-bond donors (Lipinski definition) is 1. The molecule has 0 aliphatic carbocycles. The fourth-order valence-electron chi connectivity index (χ4n) is 1.52. The van der Waals surface area contributed by atoms with E-state index < -0.39 is 9.05 Å². The lowest BCUT2D eigenvalue weighted by Gasteiger charge is -2.08. The lowest BCUT2D eigenvalue weighted by molar-refractivity contribution is 0.0912. The monoisotopic (exact) mass is 397 g/mol. The Morgan fingerprint density at radius 1 is 1.38 bits per heavy atom. The summed E-state index contributed by atoms with van der Waals surface area (Å²) in [6, 6.07) is 4.23. The molecule has 1 N–H and O–H groups in total. The van der Waals surface area contributed by atoms with Gasteiger partial charge in [0, 0.05) is 33.9 Å². The van der Waals surface area contributed by atoms with Crippen LogP contribution in [0.2, 0.25) is 0 Å². The van der Waals surface area contributed by atoms with E-state index in [2.05, 4.69) is 28.2 Å². The summed E-state index contributed by atoms with van der Waals surface area (Å²) >= 11 is 3.09. The third-order valence-corrected chi connectivity index (χ3v) is 4.95. The normalized spacial score (nSPS) is 11.4. The number of unbranched alkanes of at least 4 members (excludes halogenated alkanes) is 1. The number of carbonyl (C=O) groups is 1. The highest BCUT2D eigenvalue weighted by Gasteiger charge is 2.17. The molecule has 0 aliphatic rings. The Labute approximate surface area is 137 Å². The molecule has 0 radical (unpaired) electrons. The second-order valence-electron chi connectivity index (χ2n) is 4.30. The standard InChI is InChI=1S/C13H17BrClNO4S/c1-2-3-7-20-8-6-16-13(17)10-4-5-11(14)12(9-10)21(15,18)19/h4-5,9H,2-3,6-8H2,1H3,(H,16,17). The van der Waals surface area contributed by atoms with Gasteiger partial charge in [-0.15, -0.1) is 0 Å². The molecule has 0 saturated heterocycles. The highest BCUT2D eigenvalue weighted by atomic mass is 79.9. The Hall–Kier alpha value is -0.630. The summed E-state index contributed by atoms with van der Waals surface area (Å²) < 4.78 is 28.4. The number of rotatable bonds is 8. The maximum Gasteiger partial charge on any atom is 0.262 e. The van der Waals surface area contributed by atoms with E-state index in [9.17, 15) is 13.2 Å². The highest BCUT2D eigenvalue weighted by molar-refractivity contribution is 9.10. The van der Waals surface area contributed by atoms with Crippen LogP contribution in [0.15, 0.2) is 27.6 Å². The molecule has 118 valence electrons. The van der Waals surface area contributed by atoms with Crippen LogP contribution in [0.5, 0.6) is 0 Å². The lowest BCUT2D eigenvalue weighted by Crippen LogP contribution is -2.27. The third kappa shape index (κ3) is 6.34. The molecule has 0 aromatic heterocycles. The van der Waals surface area contributed by atoms with Crippen LogP contribution in [-0.4, -0.2) is 34.1 Å². The minimum absolute atomic E-state index is 0.129. The SMILES string of the molecule is CCCCOCCNC(=O)c1ccc(Br)c(S(=O)(=O)Cl)c1. The second-order valence-corrected chi connectivity index (χ2v) is 7.69. The first-order chi connectivity index (χ1) is 9.86. The summed E-state index contributed by atoms with van der Waals surface area (Å²) in [6.07, 6.45) is 2.04. The first kappa shape index (κ1) is 18.4. The average molecular weight is 399 g/mol. The Morgan fingerprint density at radius 3 is 2.71 bits per heavy atom. The van der Waals surface area contributed by atoms with Crippen molar-refractivity contribution in [2.45, 2.75) is 24.7 Å². The van der Waals surface area contributed by atoms with Crippen molar-refractivity contribution in [2.75, 3.05) is 19.8 Å². The predicted molar refractivity (Wildman–Crippen MR) is 85.2 cm³/mol. The molecule has 21 heavy (non-hydrogen) atoms. The van der Waals surface area contributed by atoms with Gasteiger partial charge in [0.15, 0.2) is 0 Å². The smallest absolute Gasteiger partial charge is 0.262 e. The Morgan fingerprint density at radius 2 is 2.10 bits per heavy atom. The van der Waals surface area contributed by atoms with Gasteiger partial charge in [-0.2, -0.15) is 0 Å². The van der Waals surface area contributed by atoms with E-state index >= 15 is 0 Å². The van der Waals surface area contributed by atoms with Crippen molar-refractivity contribution in [1.82, 2.24) is 5.32 Å². The van der Waals surface area contributed by atoms with Gasteiger partial charge in [-0.1, -0.05) is 13.3 Å². The van der Waals surface area contributed by atoms with Crippen molar-refractivity contribution in [3.63, 3.8) is 0 Å². The average Bonchev–Trinajstić information content (AvgIpc) is 2.41. The van der Waals surface area contributed by atoms with Crippen LogP contribution >= 0.6 is 26.6 Å². The topological polar surface area (TPSA) is 72.5 Å². The summed E-state index contributed by atoms with van der Waals surface area (Å²) in [7, 11) is 1.40. The first-order valence-corrected chi connectivity index (χ1v) is 9.56. The Balaban J connectivity index is 2.59. The minimum atomic E-state index is -3.90. The maximum absolute atomic E-state index is 11.9. The van der Waals surface area contributed by atoms with Crippen LogP contribution in [0, 0.1) is 0 Å². The molecular weight excluding hydrogens is 382 g/mol. The van der Waals surface area contributed by atoms with E-state index in [1.54, 1.807) is 0 Å². The number of carbonyl (C=O) groups excluding carboxylic acids is 1. The molecule has 1 amide bonds. The molecule has 0 bridgehead atoms. The number of ether oxygens (including phenoxy) is 1. The molecule has 0 unspecified atom stereocenters. The summed E-state index contributed by atoms with van der Waals surface area (Å²) in [5.41, 5.74) is 0.228. The van der Waals surface area contributed by atoms with Crippen molar-refractivity contribution in [3.8, 4) is 0 Å². The molecule has 0 spiro atoms. The molecule has 1 aromatic carbocycles. The van der Waals surface area contributed by atoms with E-state index in [-0.39, 0.29) is 16.4 Å². The molecule has 5 nitrogen and oxygen atoms in total. The molecule has 0 heterocycles. The number of nitrogens with one attached hydrogen (secondary N) is 1. The second kappa shape index (κ2) is 8.73. The number of amides is 1. The summed E-state index contributed by atoms with van der Waals surface area (Å²) in [6.45, 7) is 3.52. The van der Waals surface area contributed by atoms with Gasteiger partial charge in [0.05, 0.1) is 11.5 Å². The summed E-state index contributed by atoms with van der Waals surface area (Å²) in [5.74, 6) is -0.372. The van der Waals surface area contributed by atoms with E-state index in [4.69, 9.17) is 15.4 Å². The van der Waals surface area contributed by atoms with E-state index in [0.717, 1.165) is 12.8 Å². The predicted octanol–water partition coefficient (Wildman–Crippen LogP) is 2.92. The van der Waals surface area contributed by atoms with Gasteiger partial charge < -0.3 is 10.1 Å². The third-order valence-electron chi connectivity index (χ3n) is 2.63. The van der Waals surface area contributed by atoms with Crippen LogP contribution in [0.4, 0.5) is 0 Å². The van der Waals surface area contributed by atoms with Gasteiger partial charge in [0.2, 0.25) is 0 Å². The molecule has 0 saturated carbocycles. The molecule has 0 aliphatic heterocycles. The largest absolute Gasteiger partial charge is 0.380 e. The van der Waals surface area contributed by atoms with Crippen LogP contribution in [0.3, 0.4) is 0 Å². The number of hydrogen-bond acceptors (Lipinski definition) is 4. The van der Waals surface area contributed by atoms with Crippen molar-refractivity contribution in [1.29, 1.82) is 0 Å². The van der Waals surface area contributed by atoms with Crippen molar-refractivity contribution in [2.24, 2.45) is 0 Å². The first-order valence-electron chi connectivity index (χ1n) is 6.46. The molecule has 1 rings (SSSR count). The number of halogens is 2. The zero-order valence-electron chi connectivity index (χ0n) is 11.6. The van der Waals surface area contributed by atoms with Gasteiger partial charge in [0.1, 0.15) is 0 Å². The summed E-state index contributed by atoms with van der Waals surface area (Å²) in [5, 5.41) is 2.66. The summed E-state index contributed by atoms with van der Waals surface area (Å²) in [4.78, 5) is 11.8. The van der Waals surface area contributed by atoms with Crippen LogP contribution in [0.1, 0.15) is 30.1 Å². The molecule has 0 fully saturated rings. The quantitative estimate of drug-likeness (QED) is 0.540. The van der Waals surface area contributed by atoms with Gasteiger partial charge in [-0.3, -0.25) is 4.79 Å². The highest BCUT2D eigenvalue weighted by Crippen LogP contribution is 2.26. The van der Waals surface area contributed by atoms with Crippen LogP contribution in [-0.2, 0) is 13.8 Å².